The number of benzene rings is 1. The molecule has 0 aromatic heterocycles. The number of ether oxygens (including phenoxy) is 1. The van der Waals surface area contributed by atoms with Crippen molar-refractivity contribution in [1.82, 2.24) is 4.90 Å². The molecule has 0 aliphatic heterocycles. The van der Waals surface area contributed by atoms with Gasteiger partial charge in [-0.05, 0) is 30.9 Å². The van der Waals surface area contributed by atoms with Gasteiger partial charge in [0.05, 0.1) is 12.4 Å². The molecule has 1 aromatic carbocycles. The lowest BCUT2D eigenvalue weighted by Gasteiger charge is -2.36. The summed E-state index contributed by atoms with van der Waals surface area (Å²) in [5, 5.41) is 0. The van der Waals surface area contributed by atoms with Crippen molar-refractivity contribution in [3.63, 3.8) is 0 Å². The van der Waals surface area contributed by atoms with E-state index >= 15 is 0 Å². The Hall–Kier alpha value is -1.16. The number of hydrogen-bond donors (Lipinski definition) is 0. The van der Waals surface area contributed by atoms with Crippen LogP contribution in [0.2, 0.25) is 0 Å². The molecule has 122 valence electrons. The molecule has 0 saturated heterocycles. The van der Waals surface area contributed by atoms with Gasteiger partial charge in [-0.25, -0.2) is 0 Å². The number of carbonyl (C=O) groups is 1. The van der Waals surface area contributed by atoms with Gasteiger partial charge < -0.3 is 9.64 Å². The van der Waals surface area contributed by atoms with Crippen LogP contribution in [0.25, 0.3) is 0 Å². The summed E-state index contributed by atoms with van der Waals surface area (Å²) in [5.74, 6) is 3.17. The number of amides is 1. The standard InChI is InChI=1S/C18H27NO2S/c1-15-8-6-7-11-17(15)19(2)18(20)14-22-13-12-21-16-9-4-3-5-10-16/h3-5,9-10,15,17H,6-8,11-14H2,1-2H3. The number of thioether (sulfide) groups is 1. The van der Waals surface area contributed by atoms with E-state index in [0.717, 1.165) is 17.9 Å². The van der Waals surface area contributed by atoms with Crippen LogP contribution in [-0.4, -0.2) is 42.0 Å². The zero-order chi connectivity index (χ0) is 15.8. The molecule has 0 radical (unpaired) electrons. The maximum absolute atomic E-state index is 12.3. The third-order valence-corrected chi connectivity index (χ3v) is 5.33. The predicted molar refractivity (Wildman–Crippen MR) is 93.5 cm³/mol. The molecule has 4 heteroatoms. The fourth-order valence-corrected chi connectivity index (χ4v) is 3.78. The summed E-state index contributed by atoms with van der Waals surface area (Å²) in [6, 6.07) is 10.2. The molecule has 0 bridgehead atoms. The number of hydrogen-bond acceptors (Lipinski definition) is 3. The van der Waals surface area contributed by atoms with Crippen LogP contribution in [0.3, 0.4) is 0 Å². The number of rotatable bonds is 7. The lowest BCUT2D eigenvalue weighted by Crippen LogP contribution is -2.43. The smallest absolute Gasteiger partial charge is 0.232 e. The molecule has 1 aliphatic rings. The molecular weight excluding hydrogens is 294 g/mol. The first-order valence-corrected chi connectivity index (χ1v) is 9.35. The van der Waals surface area contributed by atoms with Gasteiger partial charge >= 0.3 is 0 Å². The largest absolute Gasteiger partial charge is 0.493 e. The fraction of sp³-hybridized carbons (Fsp3) is 0.611. The maximum atomic E-state index is 12.3. The zero-order valence-corrected chi connectivity index (χ0v) is 14.5. The Morgan fingerprint density at radius 3 is 2.73 bits per heavy atom. The minimum Gasteiger partial charge on any atom is -0.493 e. The van der Waals surface area contributed by atoms with Crippen LogP contribution in [0.5, 0.6) is 5.75 Å². The van der Waals surface area contributed by atoms with Gasteiger partial charge in [0.15, 0.2) is 0 Å². The molecule has 1 aliphatic carbocycles. The summed E-state index contributed by atoms with van der Waals surface area (Å²) in [7, 11) is 1.97. The Labute approximate surface area is 138 Å². The molecule has 0 spiro atoms. The van der Waals surface area contributed by atoms with Gasteiger partial charge in [0.2, 0.25) is 5.91 Å². The highest BCUT2D eigenvalue weighted by molar-refractivity contribution is 7.99. The number of nitrogens with zero attached hydrogens (tertiary/aromatic N) is 1. The summed E-state index contributed by atoms with van der Waals surface area (Å²) in [4.78, 5) is 14.3. The van der Waals surface area contributed by atoms with Crippen molar-refractivity contribution in [2.24, 2.45) is 5.92 Å². The van der Waals surface area contributed by atoms with E-state index < -0.39 is 0 Å². The Kier molecular flexibility index (Phi) is 7.10. The first kappa shape index (κ1) is 17.2. The van der Waals surface area contributed by atoms with E-state index in [9.17, 15) is 4.79 Å². The minimum absolute atomic E-state index is 0.253. The van der Waals surface area contributed by atoms with Crippen molar-refractivity contribution in [2.75, 3.05) is 25.2 Å². The summed E-state index contributed by atoms with van der Waals surface area (Å²) >= 11 is 1.66. The van der Waals surface area contributed by atoms with Gasteiger partial charge in [0.25, 0.3) is 0 Å². The molecule has 2 rings (SSSR count). The lowest BCUT2D eigenvalue weighted by atomic mass is 9.85. The summed E-state index contributed by atoms with van der Waals surface area (Å²) in [6.45, 7) is 2.92. The van der Waals surface area contributed by atoms with E-state index in [1.165, 1.54) is 19.3 Å². The van der Waals surface area contributed by atoms with E-state index in [4.69, 9.17) is 4.74 Å². The zero-order valence-electron chi connectivity index (χ0n) is 13.7. The molecule has 2 unspecified atom stereocenters. The third kappa shape index (κ3) is 5.24. The Bertz CT molecular complexity index is 452. The molecule has 1 aromatic rings. The van der Waals surface area contributed by atoms with Crippen molar-refractivity contribution in [2.45, 2.75) is 38.6 Å². The van der Waals surface area contributed by atoms with E-state index in [2.05, 4.69) is 6.92 Å². The highest BCUT2D eigenvalue weighted by Gasteiger charge is 2.27. The van der Waals surface area contributed by atoms with Crippen LogP contribution < -0.4 is 4.74 Å². The van der Waals surface area contributed by atoms with Crippen molar-refractivity contribution in [1.29, 1.82) is 0 Å². The van der Waals surface area contributed by atoms with Crippen LogP contribution in [-0.2, 0) is 4.79 Å². The quantitative estimate of drug-likeness (QED) is 0.715. The molecule has 0 heterocycles. The number of para-hydroxylation sites is 1. The van der Waals surface area contributed by atoms with E-state index in [1.807, 2.05) is 42.3 Å². The molecule has 1 amide bonds. The van der Waals surface area contributed by atoms with Gasteiger partial charge in [-0.15, -0.1) is 11.8 Å². The average Bonchev–Trinajstić information content (AvgIpc) is 2.55. The highest BCUT2D eigenvalue weighted by atomic mass is 32.2. The lowest BCUT2D eigenvalue weighted by molar-refractivity contribution is -0.130. The normalized spacial score (nSPS) is 21.4. The second-order valence-electron chi connectivity index (χ2n) is 6.05. The molecule has 1 saturated carbocycles. The predicted octanol–water partition coefficient (Wildman–Crippen LogP) is 3.84. The van der Waals surface area contributed by atoms with Crippen LogP contribution in [0.15, 0.2) is 30.3 Å². The van der Waals surface area contributed by atoms with E-state index in [-0.39, 0.29) is 5.91 Å². The molecule has 22 heavy (non-hydrogen) atoms. The monoisotopic (exact) mass is 321 g/mol. The minimum atomic E-state index is 0.253. The second kappa shape index (κ2) is 9.09. The summed E-state index contributed by atoms with van der Waals surface area (Å²) in [6.07, 6.45) is 4.97. The second-order valence-corrected chi connectivity index (χ2v) is 7.15. The van der Waals surface area contributed by atoms with Crippen LogP contribution in [0.1, 0.15) is 32.6 Å². The maximum Gasteiger partial charge on any atom is 0.232 e. The van der Waals surface area contributed by atoms with E-state index in [1.54, 1.807) is 11.8 Å². The average molecular weight is 321 g/mol. The molecule has 0 N–H and O–H groups in total. The first-order chi connectivity index (χ1) is 10.7. The molecule has 2 atom stereocenters. The highest BCUT2D eigenvalue weighted by Crippen LogP contribution is 2.27. The molecule has 1 fully saturated rings. The van der Waals surface area contributed by atoms with E-state index in [0.29, 0.717) is 24.3 Å². The fourth-order valence-electron chi connectivity index (χ4n) is 3.05. The Balaban J connectivity index is 1.62. The number of carbonyl (C=O) groups excluding carboxylic acids is 1. The topological polar surface area (TPSA) is 29.5 Å². The van der Waals surface area contributed by atoms with Crippen LogP contribution in [0, 0.1) is 5.92 Å². The molecule has 3 nitrogen and oxygen atoms in total. The van der Waals surface area contributed by atoms with Gasteiger partial charge in [-0.2, -0.15) is 0 Å². The van der Waals surface area contributed by atoms with Crippen molar-refractivity contribution < 1.29 is 9.53 Å². The van der Waals surface area contributed by atoms with Crippen molar-refractivity contribution in [3.05, 3.63) is 30.3 Å². The van der Waals surface area contributed by atoms with Crippen molar-refractivity contribution >= 4 is 17.7 Å². The van der Waals surface area contributed by atoms with Crippen molar-refractivity contribution in [3.8, 4) is 5.75 Å². The summed E-state index contributed by atoms with van der Waals surface area (Å²) in [5.41, 5.74) is 0. The van der Waals surface area contributed by atoms with Gasteiger partial charge in [-0.3, -0.25) is 4.79 Å². The van der Waals surface area contributed by atoms with Crippen LogP contribution >= 0.6 is 11.8 Å². The SMILES string of the molecule is CC1CCCCC1N(C)C(=O)CSCCOc1ccccc1. The van der Waals surface area contributed by atoms with Crippen LogP contribution in [0.4, 0.5) is 0 Å². The molecular formula is C18H27NO2S. The van der Waals surface area contributed by atoms with Gasteiger partial charge in [0, 0.05) is 18.8 Å². The summed E-state index contributed by atoms with van der Waals surface area (Å²) < 4.78 is 5.64. The van der Waals surface area contributed by atoms with Gasteiger partial charge in [-0.1, -0.05) is 38.0 Å². The third-order valence-electron chi connectivity index (χ3n) is 4.42. The Morgan fingerprint density at radius 1 is 1.27 bits per heavy atom. The first-order valence-electron chi connectivity index (χ1n) is 8.19. The Morgan fingerprint density at radius 2 is 2.00 bits per heavy atom. The van der Waals surface area contributed by atoms with Gasteiger partial charge in [0.1, 0.15) is 5.75 Å².